The quantitative estimate of drug-likeness (QED) is 0.226. The van der Waals surface area contributed by atoms with E-state index in [1.807, 2.05) is 0 Å². The zero-order valence-corrected chi connectivity index (χ0v) is 17.2. The third-order valence-corrected chi connectivity index (χ3v) is 2.29. The van der Waals surface area contributed by atoms with Gasteiger partial charge < -0.3 is 59.4 Å². The van der Waals surface area contributed by atoms with Crippen LogP contribution in [0.4, 0.5) is 0 Å². The van der Waals surface area contributed by atoms with E-state index < -0.39 is 35.8 Å². The largest absolute Gasteiger partial charge is 3.00 e. The van der Waals surface area contributed by atoms with E-state index in [0.29, 0.717) is 0 Å². The molecule has 0 aliphatic rings. The van der Waals surface area contributed by atoms with Crippen molar-refractivity contribution in [2.75, 3.05) is 0 Å². The van der Waals surface area contributed by atoms with Gasteiger partial charge in [0.05, 0.1) is 0 Å². The third-order valence-electron chi connectivity index (χ3n) is 2.29. The van der Waals surface area contributed by atoms with E-state index in [2.05, 4.69) is 0 Å². The Bertz CT molecular complexity index is 394. The van der Waals surface area contributed by atoms with Gasteiger partial charge in [0.1, 0.15) is 0 Å². The van der Waals surface area contributed by atoms with Crippen molar-refractivity contribution in [3.63, 3.8) is 0 Å². The van der Waals surface area contributed by atoms with Crippen LogP contribution < -0.4 is 30.6 Å². The third kappa shape index (κ3) is 58.5. The molecule has 0 rings (SSSR count). The number of rotatable bonds is 12. The first-order valence-electron chi connectivity index (χ1n) is 7.57. The Labute approximate surface area is 187 Å². The maximum atomic E-state index is 9.66. The Morgan fingerprint density at radius 2 is 0.448 bits per heavy atom. The first kappa shape index (κ1) is 37.6. The molecule has 0 saturated carbocycles. The van der Waals surface area contributed by atoms with Crippen molar-refractivity contribution >= 4 is 35.8 Å². The van der Waals surface area contributed by atoms with Gasteiger partial charge in [-0.05, 0) is 57.8 Å². The Morgan fingerprint density at radius 3 is 0.517 bits per heavy atom. The fraction of sp³-hybridized carbons (Fsp3) is 0.600. The molecule has 0 unspecified atom stereocenters. The first-order chi connectivity index (χ1) is 12.4. The topological polar surface area (TPSA) is 241 Å². The van der Waals surface area contributed by atoms with Crippen molar-refractivity contribution < 1.29 is 93.5 Å². The van der Waals surface area contributed by atoms with Crippen molar-refractivity contribution in [3.8, 4) is 0 Å². The number of carbonyl (C=O) groups excluding carboxylic acids is 6. The molecule has 12 nitrogen and oxygen atoms in total. The van der Waals surface area contributed by atoms with Crippen LogP contribution in [0, 0.1) is 0 Å². The molecule has 0 aromatic heterocycles. The molecule has 0 N–H and O–H groups in total. The predicted molar refractivity (Wildman–Crippen MR) is 71.6 cm³/mol. The summed E-state index contributed by atoms with van der Waals surface area (Å²) in [7, 11) is 0. The minimum absolute atomic E-state index is 0. The summed E-state index contributed by atoms with van der Waals surface area (Å²) < 4.78 is 0. The molecule has 29 heavy (non-hydrogen) atoms. The smallest absolute Gasteiger partial charge is 0.550 e. The van der Waals surface area contributed by atoms with Gasteiger partial charge in [0, 0.05) is 35.8 Å². The molecule has 2 radical (unpaired) electrons. The Kier molecular flexibility index (Phi) is 33.5. The van der Waals surface area contributed by atoms with Gasteiger partial charge in [-0.3, -0.25) is 0 Å². The molecule has 0 atom stereocenters. The van der Waals surface area contributed by atoms with E-state index in [4.69, 9.17) is 0 Å². The maximum Gasteiger partial charge on any atom is 3.00 e. The van der Waals surface area contributed by atoms with Crippen molar-refractivity contribution in [2.24, 2.45) is 0 Å². The molecule has 0 bridgehead atoms. The fourth-order valence-electron chi connectivity index (χ4n) is 1.13. The van der Waals surface area contributed by atoms with Crippen molar-refractivity contribution in [1.29, 1.82) is 0 Å². The van der Waals surface area contributed by atoms with E-state index in [9.17, 15) is 59.4 Å². The molecule has 0 heterocycles. The molecule has 0 amide bonds. The molecule has 0 saturated heterocycles. The summed E-state index contributed by atoms with van der Waals surface area (Å²) in [5.41, 5.74) is 0. The SMILES string of the molecule is O=C([O-])CCCC(=O)[O-].O=C([O-])CCCC(=O)[O-].O=C([O-])CCCC(=O)[O-].[Fe+3].[Fe+3]. The van der Waals surface area contributed by atoms with Crippen LogP contribution in [0.2, 0.25) is 0 Å². The summed E-state index contributed by atoms with van der Waals surface area (Å²) in [5.74, 6) is -7.35. The van der Waals surface area contributed by atoms with Crippen LogP contribution >= 0.6 is 0 Å². The van der Waals surface area contributed by atoms with Crippen molar-refractivity contribution in [1.82, 2.24) is 0 Å². The molecule has 0 aromatic rings. The molecular formula is C15H18Fe2O12. The first-order valence-corrected chi connectivity index (χ1v) is 7.57. The summed E-state index contributed by atoms with van der Waals surface area (Å²) in [6.07, 6.45) is -1.02. The standard InChI is InChI=1S/3C5H8O4.2Fe/c3*6-4(7)2-1-3-5(8)9;;/h3*1-3H2,(H,6,7)(H,8,9);;/q;;;2*+3/p-6. The number of carbonyl (C=O) groups is 6. The van der Waals surface area contributed by atoms with Gasteiger partial charge in [0.2, 0.25) is 0 Å². The van der Waals surface area contributed by atoms with E-state index in [1.165, 1.54) is 0 Å². The van der Waals surface area contributed by atoms with Crippen LogP contribution in [0.25, 0.3) is 0 Å². The zero-order chi connectivity index (χ0) is 21.8. The molecule has 166 valence electrons. The summed E-state index contributed by atoms with van der Waals surface area (Å²) >= 11 is 0. The number of carboxylic acid groups (broad SMARTS) is 6. The van der Waals surface area contributed by atoms with Gasteiger partial charge in [-0.25, -0.2) is 0 Å². The Hall–Kier alpha value is -2.14. The molecular weight excluding hydrogens is 484 g/mol. The fourth-order valence-corrected chi connectivity index (χ4v) is 1.13. The second kappa shape index (κ2) is 25.9. The number of hydrogen-bond donors (Lipinski definition) is 0. The van der Waals surface area contributed by atoms with Crippen LogP contribution in [0.5, 0.6) is 0 Å². The van der Waals surface area contributed by atoms with Gasteiger partial charge in [-0.15, -0.1) is 0 Å². The molecule has 14 heteroatoms. The average molecular weight is 502 g/mol. The Morgan fingerprint density at radius 1 is 0.345 bits per heavy atom. The maximum absolute atomic E-state index is 9.66. The van der Waals surface area contributed by atoms with Crippen molar-refractivity contribution in [2.45, 2.75) is 57.8 Å². The van der Waals surface area contributed by atoms with Crippen LogP contribution in [0.3, 0.4) is 0 Å². The van der Waals surface area contributed by atoms with E-state index in [1.54, 1.807) is 0 Å². The van der Waals surface area contributed by atoms with Crippen molar-refractivity contribution in [3.05, 3.63) is 0 Å². The van der Waals surface area contributed by atoms with E-state index in [0.717, 1.165) is 0 Å². The summed E-state index contributed by atoms with van der Waals surface area (Å²) in [5, 5.41) is 57.9. The van der Waals surface area contributed by atoms with Gasteiger partial charge in [0.25, 0.3) is 0 Å². The zero-order valence-electron chi connectivity index (χ0n) is 15.0. The van der Waals surface area contributed by atoms with Crippen LogP contribution in [-0.2, 0) is 62.9 Å². The van der Waals surface area contributed by atoms with Crippen LogP contribution in [-0.4, -0.2) is 35.8 Å². The number of carboxylic acids is 6. The Balaban J connectivity index is -0.0000000960. The second-order valence-electron chi connectivity index (χ2n) is 4.79. The molecule has 0 aromatic carbocycles. The summed E-state index contributed by atoms with van der Waals surface area (Å²) in [6.45, 7) is 0. The minimum atomic E-state index is -1.23. The molecule has 0 fully saturated rings. The minimum Gasteiger partial charge on any atom is -0.550 e. The predicted octanol–water partition coefficient (Wildman–Crippen LogP) is -7.04. The van der Waals surface area contributed by atoms with Gasteiger partial charge >= 0.3 is 34.1 Å². The second-order valence-corrected chi connectivity index (χ2v) is 4.79. The molecule has 0 spiro atoms. The number of aliphatic carboxylic acids is 6. The van der Waals surface area contributed by atoms with Gasteiger partial charge in [0.15, 0.2) is 0 Å². The molecule has 0 aliphatic heterocycles. The van der Waals surface area contributed by atoms with Gasteiger partial charge in [-0.2, -0.15) is 0 Å². The molecule has 0 aliphatic carbocycles. The van der Waals surface area contributed by atoms with E-state index >= 15 is 0 Å². The van der Waals surface area contributed by atoms with Gasteiger partial charge in [-0.1, -0.05) is 0 Å². The number of hydrogen-bond acceptors (Lipinski definition) is 12. The van der Waals surface area contributed by atoms with E-state index in [-0.39, 0.29) is 91.9 Å². The van der Waals surface area contributed by atoms with Crippen LogP contribution in [0.1, 0.15) is 57.8 Å². The normalized spacial score (nSPS) is 8.28. The van der Waals surface area contributed by atoms with Crippen LogP contribution in [0.15, 0.2) is 0 Å². The monoisotopic (exact) mass is 502 g/mol. The average Bonchev–Trinajstić information content (AvgIpc) is 2.46. The summed E-state index contributed by atoms with van der Waals surface area (Å²) in [4.78, 5) is 57.9. The summed E-state index contributed by atoms with van der Waals surface area (Å²) in [6, 6.07) is 0.